The molecule has 2 aromatic carbocycles. The van der Waals surface area contributed by atoms with E-state index in [0.29, 0.717) is 11.6 Å². The Morgan fingerprint density at radius 1 is 1.09 bits per heavy atom. The molecule has 0 heterocycles. The largest absolute Gasteiger partial charge is 0.455 e. The molecule has 0 unspecified atom stereocenters. The summed E-state index contributed by atoms with van der Waals surface area (Å²) in [5, 5.41) is 2.82. The van der Waals surface area contributed by atoms with Crippen LogP contribution in [0.1, 0.15) is 13.3 Å². The fraction of sp³-hybridized carbons (Fsp3) is 0.263. The van der Waals surface area contributed by atoms with Crippen molar-refractivity contribution < 1.29 is 14.3 Å². The van der Waals surface area contributed by atoms with Crippen molar-refractivity contribution in [3.63, 3.8) is 0 Å². The van der Waals surface area contributed by atoms with Gasteiger partial charge in [-0.15, -0.1) is 0 Å². The van der Waals surface area contributed by atoms with Gasteiger partial charge in [0.2, 0.25) is 0 Å². The lowest BCUT2D eigenvalue weighted by Crippen LogP contribution is -2.22. The number of hydrogen-bond donors (Lipinski definition) is 1. The molecule has 0 radical (unpaired) electrons. The van der Waals surface area contributed by atoms with Crippen LogP contribution in [0.25, 0.3) is 11.1 Å². The highest BCUT2D eigenvalue weighted by atomic mass is 16.5. The van der Waals surface area contributed by atoms with Crippen molar-refractivity contribution in [3.8, 4) is 11.1 Å². The highest BCUT2D eigenvalue weighted by Gasteiger charge is 2.40. The predicted molar refractivity (Wildman–Crippen MR) is 88.7 cm³/mol. The van der Waals surface area contributed by atoms with Gasteiger partial charge < -0.3 is 10.1 Å². The molecule has 1 amide bonds. The lowest BCUT2D eigenvalue weighted by atomic mass is 10.0. The summed E-state index contributed by atoms with van der Waals surface area (Å²) in [4.78, 5) is 23.7. The Kier molecular flexibility index (Phi) is 4.42. The highest BCUT2D eigenvalue weighted by molar-refractivity contribution is 5.97. The molecule has 23 heavy (non-hydrogen) atoms. The summed E-state index contributed by atoms with van der Waals surface area (Å²) < 4.78 is 5.06. The van der Waals surface area contributed by atoms with E-state index in [1.807, 2.05) is 61.5 Å². The minimum absolute atomic E-state index is 0.0283. The maximum absolute atomic E-state index is 12.0. The maximum Gasteiger partial charge on any atom is 0.309 e. The lowest BCUT2D eigenvalue weighted by Gasteiger charge is -2.11. The van der Waals surface area contributed by atoms with Crippen molar-refractivity contribution in [1.82, 2.24) is 0 Å². The Hall–Kier alpha value is -2.62. The van der Waals surface area contributed by atoms with Gasteiger partial charge >= 0.3 is 5.97 Å². The molecule has 1 saturated carbocycles. The van der Waals surface area contributed by atoms with Crippen LogP contribution >= 0.6 is 0 Å². The molecule has 4 nitrogen and oxygen atoms in total. The van der Waals surface area contributed by atoms with E-state index in [4.69, 9.17) is 4.74 Å². The summed E-state index contributed by atoms with van der Waals surface area (Å²) in [5.74, 6) is -0.247. The van der Waals surface area contributed by atoms with Crippen LogP contribution < -0.4 is 5.32 Å². The Morgan fingerprint density at radius 3 is 2.43 bits per heavy atom. The summed E-state index contributed by atoms with van der Waals surface area (Å²) in [6, 6.07) is 17.4. The molecule has 1 fully saturated rings. The van der Waals surface area contributed by atoms with Gasteiger partial charge in [-0.25, -0.2) is 0 Å². The Bertz CT molecular complexity index is 712. The number of carbonyl (C=O) groups is 2. The molecule has 1 aliphatic carbocycles. The second-order valence-corrected chi connectivity index (χ2v) is 5.89. The van der Waals surface area contributed by atoms with Crippen molar-refractivity contribution in [2.45, 2.75) is 13.3 Å². The second-order valence-electron chi connectivity index (χ2n) is 5.89. The first kappa shape index (κ1) is 15.3. The quantitative estimate of drug-likeness (QED) is 0.860. The Balaban J connectivity index is 1.64. The summed E-state index contributed by atoms with van der Waals surface area (Å²) in [6.07, 6.45) is 0.858. The molecule has 1 N–H and O–H groups in total. The zero-order valence-electron chi connectivity index (χ0n) is 13.0. The number of carbonyl (C=O) groups excluding carboxylic acids is 2. The highest BCUT2D eigenvalue weighted by Crippen LogP contribution is 2.38. The van der Waals surface area contributed by atoms with Crippen molar-refractivity contribution in [1.29, 1.82) is 0 Å². The number of hydrogen-bond acceptors (Lipinski definition) is 3. The monoisotopic (exact) mass is 309 g/mol. The summed E-state index contributed by atoms with van der Waals surface area (Å²) in [7, 11) is 0. The molecule has 1 aliphatic rings. The van der Waals surface area contributed by atoms with Crippen molar-refractivity contribution >= 4 is 17.6 Å². The molecule has 0 bridgehead atoms. The molecule has 0 aliphatic heterocycles. The number of nitrogens with one attached hydrogen (secondary N) is 1. The fourth-order valence-electron chi connectivity index (χ4n) is 2.54. The first-order chi connectivity index (χ1) is 11.1. The topological polar surface area (TPSA) is 55.4 Å². The number of amides is 1. The first-order valence-electron chi connectivity index (χ1n) is 7.76. The molecule has 2 aromatic rings. The minimum atomic E-state index is -0.324. The third-order valence-corrected chi connectivity index (χ3v) is 4.04. The Morgan fingerprint density at radius 2 is 1.74 bits per heavy atom. The van der Waals surface area contributed by atoms with Crippen molar-refractivity contribution in [2.75, 3.05) is 11.9 Å². The van der Waals surface area contributed by atoms with Crippen LogP contribution in [-0.4, -0.2) is 18.5 Å². The van der Waals surface area contributed by atoms with Crippen LogP contribution in [0.15, 0.2) is 54.6 Å². The van der Waals surface area contributed by atoms with Crippen LogP contribution in [0.3, 0.4) is 0 Å². The molecule has 0 spiro atoms. The van der Waals surface area contributed by atoms with E-state index in [1.165, 1.54) is 0 Å². The van der Waals surface area contributed by atoms with Gasteiger partial charge in [-0.05, 0) is 24.0 Å². The van der Waals surface area contributed by atoms with Gasteiger partial charge in [0.25, 0.3) is 5.91 Å². The van der Waals surface area contributed by atoms with Crippen LogP contribution in [-0.2, 0) is 14.3 Å². The number of esters is 1. The number of anilines is 1. The second kappa shape index (κ2) is 6.65. The molecular formula is C19H19NO3. The number of para-hydroxylation sites is 1. The third-order valence-electron chi connectivity index (χ3n) is 4.04. The average Bonchev–Trinajstić information content (AvgIpc) is 3.31. The van der Waals surface area contributed by atoms with Crippen LogP contribution in [0.5, 0.6) is 0 Å². The standard InChI is InChI=1S/C19H19NO3/c1-13-11-16(13)19(22)23-12-18(21)20-17-10-6-5-9-15(17)14-7-3-2-4-8-14/h2-10,13,16H,11-12H2,1H3,(H,20,21)/t13-,16+/m0/s1. The third kappa shape index (κ3) is 3.77. The molecule has 3 rings (SSSR count). The van der Waals surface area contributed by atoms with E-state index in [9.17, 15) is 9.59 Å². The Labute approximate surface area is 135 Å². The predicted octanol–water partition coefficient (Wildman–Crippen LogP) is 3.49. The summed E-state index contributed by atoms with van der Waals surface area (Å²) in [6.45, 7) is 1.76. The zero-order chi connectivity index (χ0) is 16.2. The van der Waals surface area contributed by atoms with Gasteiger partial charge in [0.05, 0.1) is 5.92 Å². The summed E-state index contributed by atoms with van der Waals surface area (Å²) in [5.41, 5.74) is 2.66. The van der Waals surface area contributed by atoms with Gasteiger partial charge in [-0.3, -0.25) is 9.59 Å². The molecule has 4 heteroatoms. The van der Waals surface area contributed by atoms with Crippen LogP contribution in [0.2, 0.25) is 0 Å². The van der Waals surface area contributed by atoms with Gasteiger partial charge in [0, 0.05) is 11.3 Å². The molecule has 0 aromatic heterocycles. The SMILES string of the molecule is C[C@H]1C[C@H]1C(=O)OCC(=O)Nc1ccccc1-c1ccccc1. The zero-order valence-corrected chi connectivity index (χ0v) is 13.0. The van der Waals surface area contributed by atoms with E-state index in [-0.39, 0.29) is 24.4 Å². The van der Waals surface area contributed by atoms with Gasteiger partial charge in [-0.1, -0.05) is 55.5 Å². The van der Waals surface area contributed by atoms with E-state index < -0.39 is 0 Å². The molecule has 2 atom stereocenters. The fourth-order valence-corrected chi connectivity index (χ4v) is 2.54. The van der Waals surface area contributed by atoms with E-state index in [2.05, 4.69) is 5.32 Å². The molecular weight excluding hydrogens is 290 g/mol. The molecule has 0 saturated heterocycles. The van der Waals surface area contributed by atoms with E-state index in [0.717, 1.165) is 17.5 Å². The average molecular weight is 309 g/mol. The number of ether oxygens (including phenoxy) is 1. The first-order valence-corrected chi connectivity index (χ1v) is 7.76. The van der Waals surface area contributed by atoms with Gasteiger partial charge in [0.15, 0.2) is 6.61 Å². The van der Waals surface area contributed by atoms with Crippen LogP contribution in [0, 0.1) is 11.8 Å². The minimum Gasteiger partial charge on any atom is -0.455 e. The normalized spacial score (nSPS) is 19.0. The van der Waals surface area contributed by atoms with E-state index >= 15 is 0 Å². The maximum atomic E-state index is 12.0. The summed E-state index contributed by atoms with van der Waals surface area (Å²) >= 11 is 0. The van der Waals surface area contributed by atoms with Crippen LogP contribution in [0.4, 0.5) is 5.69 Å². The number of rotatable bonds is 5. The van der Waals surface area contributed by atoms with Crippen molar-refractivity contribution in [3.05, 3.63) is 54.6 Å². The lowest BCUT2D eigenvalue weighted by molar-refractivity contribution is -0.148. The number of benzene rings is 2. The van der Waals surface area contributed by atoms with E-state index in [1.54, 1.807) is 0 Å². The van der Waals surface area contributed by atoms with Gasteiger partial charge in [-0.2, -0.15) is 0 Å². The van der Waals surface area contributed by atoms with Crippen molar-refractivity contribution in [2.24, 2.45) is 11.8 Å². The molecule has 118 valence electrons. The smallest absolute Gasteiger partial charge is 0.309 e. The van der Waals surface area contributed by atoms with Gasteiger partial charge in [0.1, 0.15) is 0 Å².